The lowest BCUT2D eigenvalue weighted by atomic mass is 10.2. The molecule has 0 saturated heterocycles. The molecule has 0 amide bonds. The quantitative estimate of drug-likeness (QED) is 0.556. The van der Waals surface area contributed by atoms with E-state index in [9.17, 15) is 9.90 Å². The highest BCUT2D eigenvalue weighted by atomic mass is 16.5. The number of nitrogens with zero attached hydrogens (tertiary/aromatic N) is 7. The summed E-state index contributed by atoms with van der Waals surface area (Å²) in [6, 6.07) is 0. The number of rotatable bonds is 5. The highest BCUT2D eigenvalue weighted by Crippen LogP contribution is 2.18. The molecule has 28 heavy (non-hydrogen) atoms. The van der Waals surface area contributed by atoms with Crippen LogP contribution in [0.5, 0.6) is 5.88 Å². The van der Waals surface area contributed by atoms with Crippen molar-refractivity contribution in [3.63, 3.8) is 0 Å². The average Bonchev–Trinajstić information content (AvgIpc) is 3.35. The van der Waals surface area contributed by atoms with Gasteiger partial charge < -0.3 is 9.63 Å². The van der Waals surface area contributed by atoms with Crippen LogP contribution in [0.3, 0.4) is 0 Å². The molecule has 0 aliphatic heterocycles. The molecule has 0 radical (unpaired) electrons. The zero-order valence-electron chi connectivity index (χ0n) is 16.1. The molecule has 0 spiro atoms. The first-order chi connectivity index (χ1) is 13.3. The van der Waals surface area contributed by atoms with Crippen LogP contribution in [0.2, 0.25) is 0 Å². The second kappa shape index (κ2) is 6.55. The maximum Gasteiger partial charge on any atom is 0.336 e. The minimum absolute atomic E-state index is 0.150. The first-order valence-corrected chi connectivity index (χ1v) is 8.78. The third-order valence-corrected chi connectivity index (χ3v) is 4.77. The van der Waals surface area contributed by atoms with Crippen molar-refractivity contribution in [1.82, 2.24) is 33.9 Å². The maximum absolute atomic E-state index is 12.8. The molecule has 0 saturated carbocycles. The van der Waals surface area contributed by atoms with E-state index in [-0.39, 0.29) is 11.6 Å². The normalized spacial score (nSPS) is 11.4. The highest BCUT2D eigenvalue weighted by Gasteiger charge is 2.16. The smallest absolute Gasteiger partial charge is 0.336 e. The first kappa shape index (κ1) is 17.8. The molecule has 0 bridgehead atoms. The Morgan fingerprint density at radius 3 is 2.54 bits per heavy atom. The molecular weight excluding hydrogens is 362 g/mol. The highest BCUT2D eigenvalue weighted by molar-refractivity contribution is 5.32. The van der Waals surface area contributed by atoms with E-state index in [1.54, 1.807) is 21.8 Å². The van der Waals surface area contributed by atoms with E-state index in [0.29, 0.717) is 18.8 Å². The van der Waals surface area contributed by atoms with Gasteiger partial charge in [-0.3, -0.25) is 13.9 Å². The van der Waals surface area contributed by atoms with Crippen molar-refractivity contribution < 1.29 is 9.63 Å². The predicted molar refractivity (Wildman–Crippen MR) is 99.6 cm³/mol. The van der Waals surface area contributed by atoms with Crippen LogP contribution in [-0.2, 0) is 20.1 Å². The molecule has 0 aliphatic carbocycles. The summed E-state index contributed by atoms with van der Waals surface area (Å²) >= 11 is 0. The number of hydrogen-bond donors (Lipinski definition) is 1. The molecule has 4 heterocycles. The van der Waals surface area contributed by atoms with Gasteiger partial charge in [0.05, 0.1) is 42.6 Å². The van der Waals surface area contributed by atoms with Crippen molar-refractivity contribution >= 4 is 0 Å². The second-order valence-electron chi connectivity index (χ2n) is 6.85. The van der Waals surface area contributed by atoms with Crippen LogP contribution in [0.4, 0.5) is 0 Å². The lowest BCUT2D eigenvalue weighted by Crippen LogP contribution is -2.23. The molecule has 4 rings (SSSR count). The predicted octanol–water partition coefficient (Wildman–Crippen LogP) is 1.28. The average molecular weight is 383 g/mol. The maximum atomic E-state index is 12.8. The molecule has 0 atom stereocenters. The number of aromatic hydroxyl groups is 1. The topological polar surface area (TPSA) is 109 Å². The van der Waals surface area contributed by atoms with Gasteiger partial charge in [0.15, 0.2) is 0 Å². The SMILES string of the molecule is Cc1nn(C)cc1Cn1cc(O)n(-c2cnn(Cc3c(C)noc3C)c2)c1=O. The lowest BCUT2D eigenvalue weighted by Gasteiger charge is -2.01. The van der Waals surface area contributed by atoms with Gasteiger partial charge >= 0.3 is 5.69 Å². The van der Waals surface area contributed by atoms with Gasteiger partial charge in [-0.2, -0.15) is 10.2 Å². The molecule has 0 aromatic carbocycles. The standard InChI is InChI=1S/C18H21N7O3/c1-11-14(6-22(4)20-11)7-23-10-17(26)25(18(23)27)15-5-19-24(8-15)9-16-12(2)21-28-13(16)3/h5-6,8,10,26H,7,9H2,1-4H3. The van der Waals surface area contributed by atoms with Crippen LogP contribution < -0.4 is 5.69 Å². The van der Waals surface area contributed by atoms with Crippen molar-refractivity contribution in [1.29, 1.82) is 0 Å². The van der Waals surface area contributed by atoms with Crippen LogP contribution in [0.1, 0.15) is 28.3 Å². The monoisotopic (exact) mass is 383 g/mol. The fourth-order valence-corrected chi connectivity index (χ4v) is 3.27. The Morgan fingerprint density at radius 1 is 1.11 bits per heavy atom. The van der Waals surface area contributed by atoms with Crippen molar-refractivity contribution in [3.8, 4) is 11.6 Å². The van der Waals surface area contributed by atoms with Crippen LogP contribution in [0.25, 0.3) is 5.69 Å². The Balaban J connectivity index is 1.63. The molecule has 10 heteroatoms. The number of hydrogen-bond acceptors (Lipinski definition) is 6. The summed E-state index contributed by atoms with van der Waals surface area (Å²) < 4.78 is 11.2. The van der Waals surface area contributed by atoms with Crippen molar-refractivity contribution in [2.24, 2.45) is 7.05 Å². The minimum atomic E-state index is -0.349. The van der Waals surface area contributed by atoms with E-state index in [4.69, 9.17) is 4.52 Å². The van der Waals surface area contributed by atoms with Crippen LogP contribution in [0, 0.1) is 20.8 Å². The summed E-state index contributed by atoms with van der Waals surface area (Å²) in [7, 11) is 1.83. The Hall–Kier alpha value is -3.56. The molecular formula is C18H21N7O3. The summed E-state index contributed by atoms with van der Waals surface area (Å²) in [5.74, 6) is 0.580. The third-order valence-electron chi connectivity index (χ3n) is 4.77. The van der Waals surface area contributed by atoms with Gasteiger partial charge in [0.25, 0.3) is 0 Å². The molecule has 0 aliphatic rings. The van der Waals surface area contributed by atoms with E-state index in [1.807, 2.05) is 34.0 Å². The summed E-state index contributed by atoms with van der Waals surface area (Å²) in [5, 5.41) is 22.8. The summed E-state index contributed by atoms with van der Waals surface area (Å²) in [6.45, 7) is 6.39. The molecule has 1 N–H and O–H groups in total. The summed E-state index contributed by atoms with van der Waals surface area (Å²) in [5.41, 5.74) is 3.63. The van der Waals surface area contributed by atoms with E-state index >= 15 is 0 Å². The molecule has 0 unspecified atom stereocenters. The van der Waals surface area contributed by atoms with Gasteiger partial charge in [0.2, 0.25) is 5.88 Å². The number of aromatic nitrogens is 7. The van der Waals surface area contributed by atoms with Gasteiger partial charge in [-0.15, -0.1) is 0 Å². The van der Waals surface area contributed by atoms with E-state index < -0.39 is 0 Å². The van der Waals surface area contributed by atoms with Gasteiger partial charge in [-0.1, -0.05) is 5.16 Å². The van der Waals surface area contributed by atoms with Crippen molar-refractivity contribution in [2.45, 2.75) is 33.9 Å². The summed E-state index contributed by atoms with van der Waals surface area (Å²) in [6.07, 6.45) is 6.52. The zero-order chi connectivity index (χ0) is 20.0. The van der Waals surface area contributed by atoms with Crippen LogP contribution >= 0.6 is 0 Å². The minimum Gasteiger partial charge on any atom is -0.493 e. The fourth-order valence-electron chi connectivity index (χ4n) is 3.27. The van der Waals surface area contributed by atoms with Gasteiger partial charge in [-0.25, -0.2) is 9.36 Å². The Bertz CT molecular complexity index is 1190. The Kier molecular flexibility index (Phi) is 4.17. The number of imidazole rings is 1. The zero-order valence-corrected chi connectivity index (χ0v) is 16.1. The molecule has 4 aromatic heterocycles. The molecule has 0 fully saturated rings. The van der Waals surface area contributed by atoms with E-state index in [0.717, 1.165) is 28.3 Å². The number of aryl methyl sites for hydroxylation is 4. The van der Waals surface area contributed by atoms with E-state index in [1.165, 1.54) is 15.3 Å². The fraction of sp³-hybridized carbons (Fsp3) is 0.333. The van der Waals surface area contributed by atoms with Gasteiger partial charge in [0.1, 0.15) is 5.76 Å². The second-order valence-corrected chi connectivity index (χ2v) is 6.85. The first-order valence-electron chi connectivity index (χ1n) is 8.78. The molecule has 10 nitrogen and oxygen atoms in total. The molecule has 4 aromatic rings. The van der Waals surface area contributed by atoms with Crippen LogP contribution in [0.15, 0.2) is 34.1 Å². The Morgan fingerprint density at radius 2 is 1.89 bits per heavy atom. The largest absolute Gasteiger partial charge is 0.493 e. The lowest BCUT2D eigenvalue weighted by molar-refractivity contribution is 0.391. The van der Waals surface area contributed by atoms with Crippen LogP contribution in [-0.4, -0.2) is 39.0 Å². The Labute approximate surface area is 160 Å². The van der Waals surface area contributed by atoms with E-state index in [2.05, 4.69) is 15.4 Å². The van der Waals surface area contributed by atoms with Gasteiger partial charge in [-0.05, 0) is 20.8 Å². The van der Waals surface area contributed by atoms with Gasteiger partial charge in [0, 0.05) is 30.6 Å². The summed E-state index contributed by atoms with van der Waals surface area (Å²) in [4.78, 5) is 12.8. The molecule has 146 valence electrons. The third kappa shape index (κ3) is 3.02. The van der Waals surface area contributed by atoms with Crippen molar-refractivity contribution in [2.75, 3.05) is 0 Å². The van der Waals surface area contributed by atoms with Crippen molar-refractivity contribution in [3.05, 3.63) is 63.5 Å².